The van der Waals surface area contributed by atoms with Gasteiger partial charge in [0.15, 0.2) is 0 Å². The van der Waals surface area contributed by atoms with Crippen LogP contribution in [0.25, 0.3) is 10.8 Å². The maximum absolute atomic E-state index is 13.5. The Balaban J connectivity index is 1.46. The van der Waals surface area contributed by atoms with Crippen molar-refractivity contribution in [2.75, 3.05) is 24.5 Å². The molecule has 7 nitrogen and oxygen atoms in total. The molecule has 0 saturated carbocycles. The number of hydrogen-bond acceptors (Lipinski definition) is 5. The molecule has 1 amide bonds. The molecule has 1 saturated heterocycles. The Kier molecular flexibility index (Phi) is 4.66. The second-order valence-corrected chi connectivity index (χ2v) is 9.85. The predicted octanol–water partition coefficient (Wildman–Crippen LogP) is 5.10. The van der Waals surface area contributed by atoms with Gasteiger partial charge in [-0.05, 0) is 61.0 Å². The summed E-state index contributed by atoms with van der Waals surface area (Å²) >= 11 is 0. The Labute approximate surface area is 209 Å². The first-order valence-corrected chi connectivity index (χ1v) is 12.4. The summed E-state index contributed by atoms with van der Waals surface area (Å²) in [6, 6.07) is 20.4. The highest BCUT2D eigenvalue weighted by Gasteiger charge is 2.37. The van der Waals surface area contributed by atoms with E-state index < -0.39 is 0 Å². The minimum Gasteiger partial charge on any atom is -0.456 e. The number of nitrogens with zero attached hydrogens (tertiary/aromatic N) is 5. The molecule has 0 N–H and O–H groups in total. The van der Waals surface area contributed by atoms with Crippen LogP contribution in [0, 0.1) is 18.3 Å². The Morgan fingerprint density at radius 1 is 1.06 bits per heavy atom. The lowest BCUT2D eigenvalue weighted by Crippen LogP contribution is -2.52. The number of benzene rings is 3. The Morgan fingerprint density at radius 2 is 1.94 bits per heavy atom. The van der Waals surface area contributed by atoms with Gasteiger partial charge in [0, 0.05) is 18.5 Å². The smallest absolute Gasteiger partial charge is 0.241 e. The van der Waals surface area contributed by atoms with Crippen LogP contribution in [0.3, 0.4) is 0 Å². The van der Waals surface area contributed by atoms with Crippen molar-refractivity contribution >= 4 is 22.4 Å². The lowest BCUT2D eigenvalue weighted by Gasteiger charge is -2.42. The van der Waals surface area contributed by atoms with Crippen molar-refractivity contribution in [3.8, 4) is 17.6 Å². The van der Waals surface area contributed by atoms with Gasteiger partial charge in [0.05, 0.1) is 41.8 Å². The summed E-state index contributed by atoms with van der Waals surface area (Å²) in [5.41, 5.74) is 3.64. The molecular formula is C29H25N5O2. The molecule has 7 heterocycles. The van der Waals surface area contributed by atoms with Crippen LogP contribution in [-0.2, 0) is 4.79 Å². The Bertz CT molecular complexity index is 1580. The fourth-order valence-corrected chi connectivity index (χ4v) is 6.20. The Hall–Kier alpha value is -4.15. The number of rotatable bonds is 0. The molecule has 6 aliphatic rings. The van der Waals surface area contributed by atoms with Gasteiger partial charge in [-0.1, -0.05) is 24.3 Å². The van der Waals surface area contributed by atoms with Gasteiger partial charge in [-0.25, -0.2) is 4.98 Å². The minimum atomic E-state index is 0.0990. The van der Waals surface area contributed by atoms with Gasteiger partial charge in [-0.3, -0.25) is 9.69 Å². The van der Waals surface area contributed by atoms with Crippen molar-refractivity contribution < 1.29 is 9.53 Å². The maximum Gasteiger partial charge on any atom is 0.241 e. The van der Waals surface area contributed by atoms with Crippen LogP contribution in [0.4, 0.5) is 5.69 Å². The quantitative estimate of drug-likeness (QED) is 0.354. The topological polar surface area (TPSA) is 74.4 Å². The number of imidazole rings is 1. The average Bonchev–Trinajstić information content (AvgIpc) is 3.29. The molecule has 10 rings (SSSR count). The summed E-state index contributed by atoms with van der Waals surface area (Å²) < 4.78 is 8.66. The number of hydrogen-bond donors (Lipinski definition) is 0. The summed E-state index contributed by atoms with van der Waals surface area (Å²) in [6.45, 7) is 3.85. The molecule has 4 aromatic rings. The average molecular weight is 476 g/mol. The number of anilines is 1. The van der Waals surface area contributed by atoms with Crippen LogP contribution in [0.5, 0.6) is 11.5 Å². The minimum absolute atomic E-state index is 0.0990. The van der Waals surface area contributed by atoms with E-state index in [1.807, 2.05) is 72.6 Å². The lowest BCUT2D eigenvalue weighted by molar-refractivity contribution is -0.122. The fraction of sp³-hybridized carbons (Fsp3) is 0.276. The second kappa shape index (κ2) is 7.94. The first-order chi connectivity index (χ1) is 17.6. The van der Waals surface area contributed by atoms with Gasteiger partial charge in [0.25, 0.3) is 0 Å². The van der Waals surface area contributed by atoms with E-state index >= 15 is 0 Å². The molecule has 3 aromatic carbocycles. The molecule has 1 aromatic heterocycles. The van der Waals surface area contributed by atoms with Crippen molar-refractivity contribution in [1.29, 1.82) is 5.26 Å². The van der Waals surface area contributed by atoms with E-state index in [2.05, 4.69) is 20.5 Å². The predicted molar refractivity (Wildman–Crippen MR) is 136 cm³/mol. The molecule has 0 aliphatic carbocycles. The van der Waals surface area contributed by atoms with Crippen molar-refractivity contribution in [2.24, 2.45) is 0 Å². The zero-order valence-electron chi connectivity index (χ0n) is 20.0. The van der Waals surface area contributed by atoms with Crippen LogP contribution in [0.15, 0.2) is 60.8 Å². The zero-order chi connectivity index (χ0) is 24.4. The van der Waals surface area contributed by atoms with E-state index in [0.717, 1.165) is 52.9 Å². The van der Waals surface area contributed by atoms with E-state index in [1.54, 1.807) is 0 Å². The van der Waals surface area contributed by atoms with Gasteiger partial charge in [-0.2, -0.15) is 5.26 Å². The van der Waals surface area contributed by atoms with Gasteiger partial charge in [0.2, 0.25) is 5.91 Å². The molecule has 0 radical (unpaired) electrons. The summed E-state index contributed by atoms with van der Waals surface area (Å²) in [6.07, 6.45) is 3.83. The summed E-state index contributed by atoms with van der Waals surface area (Å²) in [5, 5.41) is 11.8. The molecule has 6 aliphatic heterocycles. The number of aromatic nitrogens is 2. The standard InChI is InChI=1S/C29H25N5O2/c1-18-31-16-27-26-10-9-24(34(18)27)20-5-6-21(15-30)28(13-20)36-22-8-7-19-3-2-4-25(23(19)14-22)33-12-11-32(26)17-29(33)35/h2-8,13-14,16,24,26H,9-12,17H2,1H3/t24-,26+/m0/s1. The SMILES string of the molecule is Cc1ncc2n1[C@H]1CC[C@H]2N2CCN(C(=O)C2)c2cccc3ccc(cc23)Oc2cc1ccc2C#N. The molecule has 36 heavy (non-hydrogen) atoms. The van der Waals surface area contributed by atoms with Gasteiger partial charge >= 0.3 is 0 Å². The normalized spacial score (nSPS) is 22.5. The molecule has 3 atom stereocenters. The van der Waals surface area contributed by atoms with Crippen LogP contribution in [0.1, 0.15) is 47.6 Å². The van der Waals surface area contributed by atoms with Crippen molar-refractivity contribution in [1.82, 2.24) is 14.5 Å². The molecule has 1 unspecified atom stereocenters. The summed E-state index contributed by atoms with van der Waals surface area (Å²) in [7, 11) is 0. The highest BCUT2D eigenvalue weighted by atomic mass is 16.5. The van der Waals surface area contributed by atoms with E-state index in [-0.39, 0.29) is 18.0 Å². The number of piperazine rings is 1. The summed E-state index contributed by atoms with van der Waals surface area (Å²) in [4.78, 5) is 22.4. The molecule has 178 valence electrons. The monoisotopic (exact) mass is 475 g/mol. The molecule has 0 spiro atoms. The van der Waals surface area contributed by atoms with E-state index in [1.165, 1.54) is 0 Å². The fourth-order valence-electron chi connectivity index (χ4n) is 6.20. The van der Waals surface area contributed by atoms with Gasteiger partial charge in [-0.15, -0.1) is 0 Å². The van der Waals surface area contributed by atoms with Crippen LogP contribution >= 0.6 is 0 Å². The number of ether oxygens (including phenoxy) is 1. The number of amides is 1. The zero-order valence-corrected chi connectivity index (χ0v) is 20.0. The second-order valence-electron chi connectivity index (χ2n) is 9.85. The first-order valence-electron chi connectivity index (χ1n) is 12.4. The number of carbonyl (C=O) groups is 1. The van der Waals surface area contributed by atoms with Crippen LogP contribution in [-0.4, -0.2) is 40.0 Å². The van der Waals surface area contributed by atoms with Gasteiger partial charge < -0.3 is 14.2 Å². The maximum atomic E-state index is 13.5. The molecule has 1 fully saturated rings. The van der Waals surface area contributed by atoms with E-state index in [0.29, 0.717) is 30.2 Å². The third-order valence-electron chi connectivity index (χ3n) is 7.93. The highest BCUT2D eigenvalue weighted by Crippen LogP contribution is 2.42. The Morgan fingerprint density at radius 3 is 2.81 bits per heavy atom. The van der Waals surface area contributed by atoms with E-state index in [4.69, 9.17) is 4.74 Å². The first kappa shape index (κ1) is 21.2. The summed E-state index contributed by atoms with van der Waals surface area (Å²) in [5.74, 6) is 2.25. The molecule has 7 heteroatoms. The van der Waals surface area contributed by atoms with Crippen molar-refractivity contribution in [2.45, 2.75) is 31.8 Å². The highest BCUT2D eigenvalue weighted by molar-refractivity contribution is 6.05. The molecular weight excluding hydrogens is 450 g/mol. The third-order valence-corrected chi connectivity index (χ3v) is 7.93. The largest absolute Gasteiger partial charge is 0.456 e. The van der Waals surface area contributed by atoms with Crippen LogP contribution < -0.4 is 9.64 Å². The number of aryl methyl sites for hydroxylation is 1. The van der Waals surface area contributed by atoms with Crippen molar-refractivity contribution in [3.05, 3.63) is 83.4 Å². The number of carbonyl (C=O) groups excluding carboxylic acids is 1. The number of nitriles is 1. The third kappa shape index (κ3) is 3.15. The van der Waals surface area contributed by atoms with Crippen molar-refractivity contribution in [3.63, 3.8) is 0 Å². The van der Waals surface area contributed by atoms with Gasteiger partial charge in [0.1, 0.15) is 23.4 Å². The van der Waals surface area contributed by atoms with Crippen LogP contribution in [0.2, 0.25) is 0 Å². The molecule has 8 bridgehead atoms. The lowest BCUT2D eigenvalue weighted by atomic mass is 9.91. The van der Waals surface area contributed by atoms with E-state index in [9.17, 15) is 10.1 Å².